The van der Waals surface area contributed by atoms with Crippen molar-refractivity contribution in [2.45, 2.75) is 50.5 Å². The highest BCUT2D eigenvalue weighted by Gasteiger charge is 2.54. The van der Waals surface area contributed by atoms with Gasteiger partial charge in [-0.05, 0) is 50.1 Å². The largest absolute Gasteiger partial charge is 0.376 e. The number of rotatable bonds is 5. The van der Waals surface area contributed by atoms with E-state index in [1.807, 2.05) is 19.1 Å². The SMILES string of the molecule is Cc1ccc(C(=O)N2C(C(=O)NCC3CCCO3)COC23CCN(C(=O)c2cccc(Cl)c2)CC3)cc1. The summed E-state index contributed by atoms with van der Waals surface area (Å²) in [6, 6.07) is 13.5. The zero-order chi connectivity index (χ0) is 26.0. The molecule has 2 aromatic rings. The van der Waals surface area contributed by atoms with Gasteiger partial charge >= 0.3 is 0 Å². The summed E-state index contributed by atoms with van der Waals surface area (Å²) in [5.74, 6) is -0.604. The smallest absolute Gasteiger partial charge is 0.256 e. The van der Waals surface area contributed by atoms with Gasteiger partial charge in [-0.3, -0.25) is 19.3 Å². The summed E-state index contributed by atoms with van der Waals surface area (Å²) in [6.07, 6.45) is 2.72. The van der Waals surface area contributed by atoms with Crippen molar-refractivity contribution in [1.82, 2.24) is 15.1 Å². The molecule has 3 aliphatic rings. The molecule has 1 spiro atoms. The molecule has 3 fully saturated rings. The number of hydrogen-bond donors (Lipinski definition) is 1. The van der Waals surface area contributed by atoms with E-state index in [0.717, 1.165) is 18.4 Å². The van der Waals surface area contributed by atoms with Crippen LogP contribution in [0.2, 0.25) is 5.02 Å². The van der Waals surface area contributed by atoms with Gasteiger partial charge in [0.2, 0.25) is 5.91 Å². The molecule has 5 rings (SSSR count). The normalized spacial score (nSPS) is 22.9. The summed E-state index contributed by atoms with van der Waals surface area (Å²) in [7, 11) is 0. The third-order valence-corrected chi connectivity index (χ3v) is 7.75. The highest BCUT2D eigenvalue weighted by molar-refractivity contribution is 6.30. The summed E-state index contributed by atoms with van der Waals surface area (Å²) >= 11 is 6.08. The molecule has 3 amide bonds. The molecule has 0 bridgehead atoms. The fourth-order valence-electron chi connectivity index (χ4n) is 5.40. The first-order valence-electron chi connectivity index (χ1n) is 12.8. The van der Waals surface area contributed by atoms with E-state index in [0.29, 0.717) is 55.2 Å². The molecule has 0 aliphatic carbocycles. The molecule has 3 heterocycles. The van der Waals surface area contributed by atoms with Crippen LogP contribution in [0.15, 0.2) is 48.5 Å². The van der Waals surface area contributed by atoms with E-state index in [2.05, 4.69) is 5.32 Å². The maximum Gasteiger partial charge on any atom is 0.256 e. The Bertz CT molecular complexity index is 1160. The molecule has 1 N–H and O–H groups in total. The van der Waals surface area contributed by atoms with Crippen LogP contribution in [-0.4, -0.2) is 78.2 Å². The second-order valence-electron chi connectivity index (χ2n) is 10.00. The molecule has 2 aromatic carbocycles. The number of piperidine rings is 1. The summed E-state index contributed by atoms with van der Waals surface area (Å²) in [6.45, 7) is 3.98. The number of hydrogen-bond acceptors (Lipinski definition) is 5. The molecule has 8 nitrogen and oxygen atoms in total. The zero-order valence-electron chi connectivity index (χ0n) is 21.0. The van der Waals surface area contributed by atoms with Crippen molar-refractivity contribution < 1.29 is 23.9 Å². The average Bonchev–Trinajstić information content (AvgIpc) is 3.56. The van der Waals surface area contributed by atoms with Gasteiger partial charge in [-0.2, -0.15) is 0 Å². The average molecular weight is 526 g/mol. The van der Waals surface area contributed by atoms with Gasteiger partial charge < -0.3 is 19.7 Å². The Morgan fingerprint density at radius 3 is 2.49 bits per heavy atom. The van der Waals surface area contributed by atoms with Crippen molar-refractivity contribution in [3.63, 3.8) is 0 Å². The zero-order valence-corrected chi connectivity index (χ0v) is 21.7. The number of ether oxygens (including phenoxy) is 2. The lowest BCUT2D eigenvalue weighted by Gasteiger charge is -2.44. The van der Waals surface area contributed by atoms with Crippen LogP contribution in [0.3, 0.4) is 0 Å². The van der Waals surface area contributed by atoms with Gasteiger partial charge in [0.15, 0.2) is 0 Å². The third-order valence-electron chi connectivity index (χ3n) is 7.51. The van der Waals surface area contributed by atoms with Crippen molar-refractivity contribution in [1.29, 1.82) is 0 Å². The molecule has 196 valence electrons. The van der Waals surface area contributed by atoms with Gasteiger partial charge in [-0.15, -0.1) is 0 Å². The maximum absolute atomic E-state index is 13.8. The summed E-state index contributed by atoms with van der Waals surface area (Å²) in [5, 5.41) is 3.48. The van der Waals surface area contributed by atoms with Gasteiger partial charge in [-0.1, -0.05) is 35.4 Å². The minimum absolute atomic E-state index is 0.00206. The Morgan fingerprint density at radius 1 is 1.05 bits per heavy atom. The fraction of sp³-hybridized carbons (Fsp3) is 0.464. The topological polar surface area (TPSA) is 88.2 Å². The van der Waals surface area contributed by atoms with Crippen molar-refractivity contribution >= 4 is 29.3 Å². The third kappa shape index (κ3) is 5.37. The van der Waals surface area contributed by atoms with E-state index in [1.165, 1.54) is 0 Å². The highest BCUT2D eigenvalue weighted by Crippen LogP contribution is 2.39. The van der Waals surface area contributed by atoms with Crippen LogP contribution in [0.5, 0.6) is 0 Å². The summed E-state index contributed by atoms with van der Waals surface area (Å²) in [5.41, 5.74) is 1.11. The van der Waals surface area contributed by atoms with Crippen molar-refractivity contribution in [3.8, 4) is 0 Å². The first-order chi connectivity index (χ1) is 17.9. The van der Waals surface area contributed by atoms with Crippen LogP contribution in [-0.2, 0) is 14.3 Å². The van der Waals surface area contributed by atoms with Gasteiger partial charge in [0, 0.05) is 55.2 Å². The first-order valence-corrected chi connectivity index (χ1v) is 13.2. The molecule has 0 aromatic heterocycles. The number of amides is 3. The molecule has 0 radical (unpaired) electrons. The van der Waals surface area contributed by atoms with Crippen LogP contribution in [0.1, 0.15) is 52.0 Å². The fourth-order valence-corrected chi connectivity index (χ4v) is 5.59. The van der Waals surface area contributed by atoms with E-state index in [4.69, 9.17) is 21.1 Å². The van der Waals surface area contributed by atoms with E-state index in [-0.39, 0.29) is 30.4 Å². The quantitative estimate of drug-likeness (QED) is 0.646. The Morgan fingerprint density at radius 2 is 1.81 bits per heavy atom. The lowest BCUT2D eigenvalue weighted by molar-refractivity contribution is -0.128. The minimum Gasteiger partial charge on any atom is -0.376 e. The monoisotopic (exact) mass is 525 g/mol. The lowest BCUT2D eigenvalue weighted by Crippen LogP contribution is -2.60. The van der Waals surface area contributed by atoms with Gasteiger partial charge in [0.1, 0.15) is 11.8 Å². The number of carbonyl (C=O) groups excluding carboxylic acids is 3. The predicted octanol–water partition coefficient (Wildman–Crippen LogP) is 3.42. The molecule has 0 saturated carbocycles. The van der Waals surface area contributed by atoms with E-state index in [9.17, 15) is 14.4 Å². The number of nitrogens with one attached hydrogen (secondary N) is 1. The first kappa shape index (κ1) is 25.7. The number of carbonyl (C=O) groups is 3. The Labute approximate surface area is 221 Å². The minimum atomic E-state index is -0.959. The molecule has 2 unspecified atom stereocenters. The lowest BCUT2D eigenvalue weighted by atomic mass is 9.96. The Hall–Kier alpha value is -2.94. The van der Waals surface area contributed by atoms with Crippen LogP contribution >= 0.6 is 11.6 Å². The van der Waals surface area contributed by atoms with Crippen LogP contribution in [0, 0.1) is 6.92 Å². The highest BCUT2D eigenvalue weighted by atomic mass is 35.5. The number of likely N-dealkylation sites (tertiary alicyclic amines) is 1. The molecular weight excluding hydrogens is 494 g/mol. The Kier molecular flexibility index (Phi) is 7.51. The second-order valence-corrected chi connectivity index (χ2v) is 10.4. The van der Waals surface area contributed by atoms with E-state index >= 15 is 0 Å². The van der Waals surface area contributed by atoms with Gasteiger partial charge in [0.25, 0.3) is 11.8 Å². The molecule has 9 heteroatoms. The standard InChI is InChI=1S/C28H32ClN3O5/c1-19-7-9-20(10-8-19)27(35)32-24(25(33)30-17-23-6-3-15-36-23)18-37-28(32)11-13-31(14-12-28)26(34)21-4-2-5-22(29)16-21/h2,4-5,7-10,16,23-24H,3,6,11-15,17-18H2,1H3,(H,30,33). The number of benzene rings is 2. The predicted molar refractivity (Wildman–Crippen MR) is 138 cm³/mol. The number of halogens is 1. The molecule has 3 saturated heterocycles. The maximum atomic E-state index is 13.8. The summed E-state index contributed by atoms with van der Waals surface area (Å²) < 4.78 is 11.9. The summed E-state index contributed by atoms with van der Waals surface area (Å²) in [4.78, 5) is 43.6. The van der Waals surface area contributed by atoms with E-state index in [1.54, 1.807) is 46.2 Å². The second kappa shape index (κ2) is 10.8. The molecule has 37 heavy (non-hydrogen) atoms. The van der Waals surface area contributed by atoms with E-state index < -0.39 is 11.8 Å². The van der Waals surface area contributed by atoms with Crippen molar-refractivity contribution in [2.75, 3.05) is 32.8 Å². The van der Waals surface area contributed by atoms with Gasteiger partial charge in [-0.25, -0.2) is 0 Å². The number of aryl methyl sites for hydroxylation is 1. The Balaban J connectivity index is 1.34. The molecular formula is C28H32ClN3O5. The molecule has 2 atom stereocenters. The van der Waals surface area contributed by atoms with Gasteiger partial charge in [0.05, 0.1) is 12.7 Å². The van der Waals surface area contributed by atoms with Crippen molar-refractivity contribution in [2.24, 2.45) is 0 Å². The van der Waals surface area contributed by atoms with Crippen LogP contribution < -0.4 is 5.32 Å². The molecule has 3 aliphatic heterocycles. The van der Waals surface area contributed by atoms with Crippen molar-refractivity contribution in [3.05, 3.63) is 70.2 Å². The van der Waals surface area contributed by atoms with Crippen LogP contribution in [0.25, 0.3) is 0 Å². The van der Waals surface area contributed by atoms with Crippen LogP contribution in [0.4, 0.5) is 0 Å². The number of nitrogens with zero attached hydrogens (tertiary/aromatic N) is 2.